The summed E-state index contributed by atoms with van der Waals surface area (Å²) in [5.41, 5.74) is 0.994. The van der Waals surface area contributed by atoms with Crippen LogP contribution in [0, 0.1) is 0 Å². The second-order valence-electron chi connectivity index (χ2n) is 4.03. The molecule has 0 saturated carbocycles. The summed E-state index contributed by atoms with van der Waals surface area (Å²) in [4.78, 5) is 11.9. The number of primary sulfonamides is 1. The smallest absolute Gasteiger partial charge is 0.255 e. The van der Waals surface area contributed by atoms with Crippen LogP contribution in [0.15, 0.2) is 57.9 Å². The predicted octanol–water partition coefficient (Wildman–Crippen LogP) is 2.35. The van der Waals surface area contributed by atoms with Gasteiger partial charge < -0.3 is 5.32 Å². The van der Waals surface area contributed by atoms with Gasteiger partial charge in [0.15, 0.2) is 0 Å². The Morgan fingerprint density at radius 2 is 1.55 bits per heavy atom. The van der Waals surface area contributed by atoms with E-state index in [1.165, 1.54) is 24.3 Å². The maximum atomic E-state index is 11.9. The fourth-order valence-electron chi connectivity index (χ4n) is 1.53. The van der Waals surface area contributed by atoms with Crippen LogP contribution in [-0.4, -0.2) is 14.3 Å². The number of halogens is 1. The summed E-state index contributed by atoms with van der Waals surface area (Å²) in [7, 11) is -3.72. The van der Waals surface area contributed by atoms with Crippen molar-refractivity contribution in [3.63, 3.8) is 0 Å². The molecule has 0 fully saturated rings. The average molecular weight is 355 g/mol. The number of nitrogens with one attached hydrogen (secondary N) is 1. The van der Waals surface area contributed by atoms with Crippen LogP contribution in [-0.2, 0) is 10.0 Å². The largest absolute Gasteiger partial charge is 0.322 e. The van der Waals surface area contributed by atoms with E-state index in [1.807, 2.05) is 0 Å². The number of anilines is 1. The van der Waals surface area contributed by atoms with Gasteiger partial charge in [-0.15, -0.1) is 0 Å². The van der Waals surface area contributed by atoms with Crippen LogP contribution < -0.4 is 10.5 Å². The van der Waals surface area contributed by atoms with Crippen molar-refractivity contribution in [2.45, 2.75) is 4.90 Å². The number of sulfonamides is 1. The number of hydrogen-bond acceptors (Lipinski definition) is 3. The lowest BCUT2D eigenvalue weighted by atomic mass is 10.2. The van der Waals surface area contributed by atoms with Crippen molar-refractivity contribution >= 4 is 37.5 Å². The summed E-state index contributed by atoms with van der Waals surface area (Å²) in [6.45, 7) is 0. The molecule has 3 N–H and O–H groups in total. The van der Waals surface area contributed by atoms with Crippen molar-refractivity contribution < 1.29 is 13.2 Å². The topological polar surface area (TPSA) is 89.3 Å². The molecule has 5 nitrogen and oxygen atoms in total. The third-order valence-corrected chi connectivity index (χ3v) is 4.01. The Kier molecular flexibility index (Phi) is 4.22. The molecule has 0 atom stereocenters. The molecule has 2 rings (SSSR count). The Morgan fingerprint density at radius 1 is 1.00 bits per heavy atom. The number of carbonyl (C=O) groups is 1. The molecule has 0 spiro atoms. The standard InChI is InChI=1S/C13H11BrN2O3S/c14-10-3-1-9(2-4-10)13(17)16-11-5-7-12(8-6-11)20(15,18)19/h1-8H,(H,16,17)(H2,15,18,19). The Balaban J connectivity index is 2.14. The van der Waals surface area contributed by atoms with Crippen LogP contribution in [0.2, 0.25) is 0 Å². The van der Waals surface area contributed by atoms with E-state index >= 15 is 0 Å². The first-order valence-electron chi connectivity index (χ1n) is 5.56. The molecule has 104 valence electrons. The van der Waals surface area contributed by atoms with Crippen LogP contribution >= 0.6 is 15.9 Å². The molecule has 2 aromatic rings. The third kappa shape index (κ3) is 3.66. The van der Waals surface area contributed by atoms with Gasteiger partial charge in [-0.2, -0.15) is 0 Å². The quantitative estimate of drug-likeness (QED) is 0.886. The Labute approximate surface area is 125 Å². The van der Waals surface area contributed by atoms with Gasteiger partial charge in [-0.25, -0.2) is 13.6 Å². The third-order valence-electron chi connectivity index (χ3n) is 2.55. The average Bonchev–Trinajstić information content (AvgIpc) is 2.39. The van der Waals surface area contributed by atoms with Gasteiger partial charge in [0, 0.05) is 15.7 Å². The molecule has 0 aliphatic rings. The molecule has 0 aromatic heterocycles. The molecule has 7 heteroatoms. The molecule has 0 unspecified atom stereocenters. The van der Waals surface area contributed by atoms with Gasteiger partial charge in [0.05, 0.1) is 4.90 Å². The molecule has 20 heavy (non-hydrogen) atoms. The summed E-state index contributed by atoms with van der Waals surface area (Å²) in [6.07, 6.45) is 0. The lowest BCUT2D eigenvalue weighted by Gasteiger charge is -2.06. The zero-order valence-corrected chi connectivity index (χ0v) is 12.6. The lowest BCUT2D eigenvalue weighted by molar-refractivity contribution is 0.102. The molecule has 0 bridgehead atoms. The van der Waals surface area contributed by atoms with Gasteiger partial charge >= 0.3 is 0 Å². The maximum absolute atomic E-state index is 11.9. The summed E-state index contributed by atoms with van der Waals surface area (Å²) in [5.74, 6) is -0.277. The van der Waals surface area contributed by atoms with E-state index in [2.05, 4.69) is 21.2 Å². The first-order chi connectivity index (χ1) is 9.36. The van der Waals surface area contributed by atoms with Gasteiger partial charge in [0.1, 0.15) is 0 Å². The van der Waals surface area contributed by atoms with E-state index in [-0.39, 0.29) is 10.8 Å². The van der Waals surface area contributed by atoms with E-state index < -0.39 is 10.0 Å². The van der Waals surface area contributed by atoms with Gasteiger partial charge in [-0.05, 0) is 48.5 Å². The Morgan fingerprint density at radius 3 is 2.05 bits per heavy atom. The molecule has 0 heterocycles. The van der Waals surface area contributed by atoms with Crippen LogP contribution in [0.5, 0.6) is 0 Å². The van der Waals surface area contributed by atoms with E-state index in [0.717, 1.165) is 4.47 Å². The highest BCUT2D eigenvalue weighted by molar-refractivity contribution is 9.10. The second kappa shape index (κ2) is 5.74. The number of carbonyl (C=O) groups excluding carboxylic acids is 1. The summed E-state index contributed by atoms with van der Waals surface area (Å²) >= 11 is 3.29. The number of rotatable bonds is 3. The van der Waals surface area contributed by atoms with Gasteiger partial charge in [0.2, 0.25) is 10.0 Å². The minimum absolute atomic E-state index is 0.000796. The van der Waals surface area contributed by atoms with E-state index in [0.29, 0.717) is 11.3 Å². The fourth-order valence-corrected chi connectivity index (χ4v) is 2.31. The van der Waals surface area contributed by atoms with Crippen molar-refractivity contribution in [3.8, 4) is 0 Å². The fraction of sp³-hybridized carbons (Fsp3) is 0. The van der Waals surface area contributed by atoms with E-state index in [1.54, 1.807) is 24.3 Å². The van der Waals surface area contributed by atoms with Gasteiger partial charge in [-0.1, -0.05) is 15.9 Å². The maximum Gasteiger partial charge on any atom is 0.255 e. The normalized spacial score (nSPS) is 11.1. The van der Waals surface area contributed by atoms with Crippen LogP contribution in [0.3, 0.4) is 0 Å². The predicted molar refractivity (Wildman–Crippen MR) is 79.9 cm³/mol. The minimum Gasteiger partial charge on any atom is -0.322 e. The first kappa shape index (κ1) is 14.7. The molecule has 0 radical (unpaired) electrons. The van der Waals surface area contributed by atoms with Crippen LogP contribution in [0.25, 0.3) is 0 Å². The van der Waals surface area contributed by atoms with Gasteiger partial charge in [-0.3, -0.25) is 4.79 Å². The molecule has 2 aromatic carbocycles. The molecule has 0 aliphatic heterocycles. The van der Waals surface area contributed by atoms with Crippen LogP contribution in [0.4, 0.5) is 5.69 Å². The first-order valence-corrected chi connectivity index (χ1v) is 7.90. The van der Waals surface area contributed by atoms with Crippen LogP contribution in [0.1, 0.15) is 10.4 Å². The summed E-state index contributed by atoms with van der Waals surface area (Å²) in [5, 5.41) is 7.66. The number of nitrogens with two attached hydrogens (primary N) is 1. The highest BCUT2D eigenvalue weighted by Crippen LogP contribution is 2.15. The van der Waals surface area contributed by atoms with Crippen molar-refractivity contribution in [1.82, 2.24) is 0 Å². The van der Waals surface area contributed by atoms with Crippen molar-refractivity contribution in [3.05, 3.63) is 58.6 Å². The zero-order valence-electron chi connectivity index (χ0n) is 10.2. The van der Waals surface area contributed by atoms with E-state index in [4.69, 9.17) is 5.14 Å². The SMILES string of the molecule is NS(=O)(=O)c1ccc(NC(=O)c2ccc(Br)cc2)cc1. The minimum atomic E-state index is -3.72. The monoisotopic (exact) mass is 354 g/mol. The molecular formula is C13H11BrN2O3S. The zero-order chi connectivity index (χ0) is 14.8. The summed E-state index contributed by atoms with van der Waals surface area (Å²) < 4.78 is 23.1. The second-order valence-corrected chi connectivity index (χ2v) is 6.51. The van der Waals surface area contributed by atoms with Gasteiger partial charge in [0.25, 0.3) is 5.91 Å². The molecule has 1 amide bonds. The number of amides is 1. The van der Waals surface area contributed by atoms with Crippen molar-refractivity contribution in [2.75, 3.05) is 5.32 Å². The van der Waals surface area contributed by atoms with Crippen molar-refractivity contribution in [2.24, 2.45) is 5.14 Å². The Hall–Kier alpha value is -1.70. The number of hydrogen-bond donors (Lipinski definition) is 2. The van der Waals surface area contributed by atoms with E-state index in [9.17, 15) is 13.2 Å². The summed E-state index contributed by atoms with van der Waals surface area (Å²) in [6, 6.07) is 12.5. The molecule has 0 saturated heterocycles. The highest BCUT2D eigenvalue weighted by Gasteiger charge is 2.09. The van der Waals surface area contributed by atoms with Crippen molar-refractivity contribution in [1.29, 1.82) is 0 Å². The Bertz CT molecular complexity index is 725. The molecule has 0 aliphatic carbocycles. The highest BCUT2D eigenvalue weighted by atomic mass is 79.9. The lowest BCUT2D eigenvalue weighted by Crippen LogP contribution is -2.13. The molecular weight excluding hydrogens is 344 g/mol. The number of benzene rings is 2.